The number of ether oxygens (including phenoxy) is 1. The molecule has 0 spiro atoms. The van der Waals surface area contributed by atoms with Crippen LogP contribution in [0.3, 0.4) is 0 Å². The molecule has 2 nitrogen and oxygen atoms in total. The molecule has 3 unspecified atom stereocenters. The van der Waals surface area contributed by atoms with Crippen molar-refractivity contribution in [2.45, 2.75) is 41.0 Å². The van der Waals surface area contributed by atoms with E-state index < -0.39 is 0 Å². The minimum Gasteiger partial charge on any atom is -0.423 e. The number of hydrogen-bond donors (Lipinski definition) is 0. The van der Waals surface area contributed by atoms with E-state index in [4.69, 9.17) is 4.74 Å². The Labute approximate surface area is 139 Å². The van der Waals surface area contributed by atoms with Gasteiger partial charge in [-0.1, -0.05) is 49.8 Å². The lowest BCUT2D eigenvalue weighted by Gasteiger charge is -2.41. The third-order valence-electron chi connectivity index (χ3n) is 5.45. The maximum Gasteiger partial charge on any atom is 0.339 e. The molecule has 2 heteroatoms. The lowest BCUT2D eigenvalue weighted by atomic mass is 9.63. The van der Waals surface area contributed by atoms with E-state index in [-0.39, 0.29) is 11.9 Å². The summed E-state index contributed by atoms with van der Waals surface area (Å²) < 4.78 is 5.79. The van der Waals surface area contributed by atoms with Crippen molar-refractivity contribution in [3.63, 3.8) is 0 Å². The summed E-state index contributed by atoms with van der Waals surface area (Å²) in [4.78, 5) is 12.8. The summed E-state index contributed by atoms with van der Waals surface area (Å²) in [6, 6.07) is 5.96. The number of carbonyl (C=O) groups is 1. The fraction of sp³-hybridized carbons (Fsp3) is 0.476. The van der Waals surface area contributed by atoms with Crippen molar-refractivity contribution in [2.24, 2.45) is 23.7 Å². The summed E-state index contributed by atoms with van der Waals surface area (Å²) in [6.45, 7) is 10.7. The van der Waals surface area contributed by atoms with Crippen LogP contribution in [0.25, 0.3) is 0 Å². The summed E-state index contributed by atoms with van der Waals surface area (Å²) in [5, 5.41) is 0. The van der Waals surface area contributed by atoms with Crippen molar-refractivity contribution in [1.82, 2.24) is 0 Å². The minimum atomic E-state index is -0.175. The smallest absolute Gasteiger partial charge is 0.339 e. The molecule has 3 aliphatic carbocycles. The van der Waals surface area contributed by atoms with Crippen LogP contribution in [-0.2, 0) is 4.79 Å². The first kappa shape index (κ1) is 16.0. The summed E-state index contributed by atoms with van der Waals surface area (Å²) in [6.07, 6.45) is 5.60. The molecule has 0 aromatic heterocycles. The SMILES string of the molecule is CC1=CC2C(C(=O)Oc3c(C)cccc3C)=CC1CC2C(C)C. The molecule has 0 amide bonds. The molecule has 0 aliphatic heterocycles. The molecular weight excluding hydrogens is 284 g/mol. The molecule has 1 aromatic carbocycles. The third-order valence-corrected chi connectivity index (χ3v) is 5.45. The Kier molecular flexibility index (Phi) is 4.18. The van der Waals surface area contributed by atoms with E-state index in [2.05, 4.69) is 32.9 Å². The van der Waals surface area contributed by atoms with Gasteiger partial charge in [0.2, 0.25) is 0 Å². The molecule has 23 heavy (non-hydrogen) atoms. The van der Waals surface area contributed by atoms with Crippen LogP contribution in [-0.4, -0.2) is 5.97 Å². The van der Waals surface area contributed by atoms with Crippen LogP contribution >= 0.6 is 0 Å². The van der Waals surface area contributed by atoms with Gasteiger partial charge in [-0.3, -0.25) is 0 Å². The second-order valence-electron chi connectivity index (χ2n) is 7.42. The van der Waals surface area contributed by atoms with Crippen LogP contribution < -0.4 is 4.74 Å². The molecule has 0 saturated heterocycles. The molecule has 3 atom stereocenters. The fourth-order valence-electron chi connectivity index (χ4n) is 4.01. The minimum absolute atomic E-state index is 0.175. The number of rotatable bonds is 3. The van der Waals surface area contributed by atoms with Gasteiger partial charge in [0.15, 0.2) is 0 Å². The number of esters is 1. The van der Waals surface area contributed by atoms with Crippen LogP contribution in [0.2, 0.25) is 0 Å². The average molecular weight is 310 g/mol. The molecule has 2 bridgehead atoms. The van der Waals surface area contributed by atoms with Gasteiger partial charge in [0, 0.05) is 11.5 Å². The number of aryl methyl sites for hydroxylation is 2. The quantitative estimate of drug-likeness (QED) is 0.446. The Bertz CT molecular complexity index is 674. The number of benzene rings is 1. The van der Waals surface area contributed by atoms with Crippen molar-refractivity contribution in [3.8, 4) is 5.75 Å². The first-order chi connectivity index (χ1) is 10.9. The summed E-state index contributed by atoms with van der Waals surface area (Å²) in [5.74, 6) is 2.25. The van der Waals surface area contributed by atoms with Gasteiger partial charge in [-0.2, -0.15) is 0 Å². The number of fused-ring (bicyclic) bond motifs is 1. The molecule has 0 N–H and O–H groups in total. The second-order valence-corrected chi connectivity index (χ2v) is 7.42. The van der Waals surface area contributed by atoms with Gasteiger partial charge in [-0.05, 0) is 56.1 Å². The zero-order valence-corrected chi connectivity index (χ0v) is 14.7. The van der Waals surface area contributed by atoms with E-state index in [1.807, 2.05) is 32.0 Å². The summed E-state index contributed by atoms with van der Waals surface area (Å²) in [7, 11) is 0. The van der Waals surface area contributed by atoms with E-state index in [1.165, 1.54) is 5.57 Å². The Morgan fingerprint density at radius 2 is 1.78 bits per heavy atom. The monoisotopic (exact) mass is 310 g/mol. The van der Waals surface area contributed by atoms with Crippen molar-refractivity contribution < 1.29 is 9.53 Å². The second kappa shape index (κ2) is 5.99. The van der Waals surface area contributed by atoms with Gasteiger partial charge in [-0.15, -0.1) is 0 Å². The van der Waals surface area contributed by atoms with Gasteiger partial charge in [0.1, 0.15) is 5.75 Å². The fourth-order valence-corrected chi connectivity index (χ4v) is 4.01. The van der Waals surface area contributed by atoms with Crippen LogP contribution in [0.1, 0.15) is 38.3 Å². The van der Waals surface area contributed by atoms with Gasteiger partial charge < -0.3 is 4.74 Å². The topological polar surface area (TPSA) is 26.3 Å². The van der Waals surface area contributed by atoms with E-state index >= 15 is 0 Å². The number of carbonyl (C=O) groups excluding carboxylic acids is 1. The Balaban J connectivity index is 1.87. The standard InChI is InChI=1S/C21H26O2/c1-12(2)17-10-16-11-19(18(17)9-15(16)5)21(22)23-20-13(3)7-6-8-14(20)4/h6-9,11-12,16-18H,10H2,1-5H3. The van der Waals surface area contributed by atoms with Crippen LogP contribution in [0.5, 0.6) is 5.75 Å². The molecule has 0 fully saturated rings. The van der Waals surface area contributed by atoms with E-state index in [9.17, 15) is 4.79 Å². The van der Waals surface area contributed by atoms with E-state index in [0.717, 1.165) is 23.1 Å². The number of allylic oxidation sites excluding steroid dienone is 3. The normalized spacial score (nSPS) is 26.1. The van der Waals surface area contributed by atoms with Gasteiger partial charge in [0.05, 0.1) is 0 Å². The highest BCUT2D eigenvalue weighted by molar-refractivity contribution is 5.92. The highest BCUT2D eigenvalue weighted by atomic mass is 16.5. The van der Waals surface area contributed by atoms with Gasteiger partial charge in [0.25, 0.3) is 0 Å². The van der Waals surface area contributed by atoms with Crippen LogP contribution in [0.15, 0.2) is 41.5 Å². The zero-order chi connectivity index (χ0) is 16.7. The predicted molar refractivity (Wildman–Crippen MR) is 93.3 cm³/mol. The number of para-hydroxylation sites is 1. The van der Waals surface area contributed by atoms with Gasteiger partial charge in [-0.25, -0.2) is 4.79 Å². The first-order valence-electron chi connectivity index (χ1n) is 8.57. The summed E-state index contributed by atoms with van der Waals surface area (Å²) in [5.41, 5.74) is 4.27. The Morgan fingerprint density at radius 1 is 1.13 bits per heavy atom. The summed E-state index contributed by atoms with van der Waals surface area (Å²) >= 11 is 0. The third kappa shape index (κ3) is 2.87. The maximum atomic E-state index is 12.8. The lowest BCUT2D eigenvalue weighted by molar-refractivity contribution is -0.131. The highest BCUT2D eigenvalue weighted by Crippen LogP contribution is 2.46. The number of hydrogen-bond acceptors (Lipinski definition) is 2. The Hall–Kier alpha value is -1.83. The lowest BCUT2D eigenvalue weighted by Crippen LogP contribution is -2.36. The molecule has 1 aromatic rings. The first-order valence-corrected chi connectivity index (χ1v) is 8.57. The van der Waals surface area contributed by atoms with Gasteiger partial charge >= 0.3 is 5.97 Å². The molecule has 3 aliphatic rings. The molecule has 122 valence electrons. The average Bonchev–Trinajstić information content (AvgIpc) is 2.50. The molecule has 0 heterocycles. The van der Waals surface area contributed by atoms with E-state index in [1.54, 1.807) is 0 Å². The molecule has 0 saturated carbocycles. The van der Waals surface area contributed by atoms with Crippen LogP contribution in [0.4, 0.5) is 0 Å². The Morgan fingerprint density at radius 3 is 2.35 bits per heavy atom. The van der Waals surface area contributed by atoms with Crippen molar-refractivity contribution >= 4 is 5.97 Å². The predicted octanol–water partition coefficient (Wildman–Crippen LogP) is 5.00. The maximum absolute atomic E-state index is 12.8. The largest absolute Gasteiger partial charge is 0.423 e. The zero-order valence-electron chi connectivity index (χ0n) is 14.7. The molecular formula is C21H26O2. The molecule has 0 radical (unpaired) electrons. The highest BCUT2D eigenvalue weighted by Gasteiger charge is 2.40. The van der Waals surface area contributed by atoms with E-state index in [0.29, 0.717) is 23.5 Å². The van der Waals surface area contributed by atoms with Crippen LogP contribution in [0, 0.1) is 37.5 Å². The van der Waals surface area contributed by atoms with Crippen molar-refractivity contribution in [1.29, 1.82) is 0 Å². The van der Waals surface area contributed by atoms with Crippen molar-refractivity contribution in [3.05, 3.63) is 52.6 Å². The molecule has 4 rings (SSSR count). The van der Waals surface area contributed by atoms with Crippen molar-refractivity contribution in [2.75, 3.05) is 0 Å².